The molecule has 19 aromatic carbocycles. The molecule has 0 radical (unpaired) electrons. The first kappa shape index (κ1) is 87.2. The molecular weight excluding hydrogens is 1770 g/mol. The zero-order chi connectivity index (χ0) is 98.1. The third kappa shape index (κ3) is 13.4. The van der Waals surface area contributed by atoms with Gasteiger partial charge in [0.25, 0.3) is 0 Å². The Morgan fingerprint density at radius 3 is 0.568 bits per heavy atom. The molecule has 9 heteroatoms. The maximum Gasteiger partial charge on any atom is 0.164 e. The van der Waals surface area contributed by atoms with E-state index in [0.29, 0.717) is 52.4 Å². The summed E-state index contributed by atoms with van der Waals surface area (Å²) < 4.78 is 0. The van der Waals surface area contributed by atoms with E-state index >= 15 is 0 Å². The van der Waals surface area contributed by atoms with Gasteiger partial charge in [0.15, 0.2) is 52.4 Å². The predicted octanol–water partition coefficient (Wildman–Crippen LogP) is 32.5. The van der Waals surface area contributed by atoms with E-state index in [1.165, 1.54) is 167 Å². The van der Waals surface area contributed by atoms with Crippen molar-refractivity contribution in [1.82, 2.24) is 44.9 Å². The van der Waals surface area contributed by atoms with E-state index in [9.17, 15) is 0 Å². The van der Waals surface area contributed by atoms with Gasteiger partial charge in [0, 0.05) is 71.7 Å². The summed E-state index contributed by atoms with van der Waals surface area (Å²) in [5.41, 5.74) is 46.4. The second-order valence-electron chi connectivity index (χ2n) is 41.7. The van der Waals surface area contributed by atoms with Crippen LogP contribution in [0.15, 0.2) is 455 Å². The standard InChI is InChI=1S/C49H33N3.C49H35N3.C39H31N3/c1-48(2)39-20-10-6-16-33(39)37-26-24-32(29-44(37)48)47-51-45(30-14-4-3-5-15-30)50-46(52-47)31-25-27-43-38(28-31)36-19-9-13-23-42(36)49(43)40-21-11-7-17-34(40)35-18-8-12-22-41(35)49;1-48(2)41-24-14-12-22-37(41)39-28-26-34(31-44(39)48)47-51-45(32-16-6-3-7-17-32)50-46(52-47)33-27-29-43-40(30-33)38-23-13-15-25-42(38)49(43,35-18-8-4-9-19-35)36-20-10-5-11-21-36;1-38(2)32-17-11-9-15-28(32)30-22-25(19-21-33(30)38)36-40-35(24-12-6-5-7-13-24)41-37(42-36)26-18-20-29-27-14-8-10-16-31(27)39(3,4)34(29)23-26/h3-29H,1-2H3;3-31H,1-2H3;5-23H,1-4H3. The fourth-order valence-corrected chi connectivity index (χ4v) is 25.3. The minimum Gasteiger partial charge on any atom is -0.208 e. The van der Waals surface area contributed by atoms with Crippen LogP contribution in [0.5, 0.6) is 0 Å². The molecule has 7 aliphatic rings. The molecule has 0 fully saturated rings. The highest BCUT2D eigenvalue weighted by molar-refractivity contribution is 5.98. The zero-order valence-corrected chi connectivity index (χ0v) is 82.3. The quantitative estimate of drug-likeness (QED) is 0.125. The van der Waals surface area contributed by atoms with E-state index in [1.807, 2.05) is 54.6 Å². The molecule has 0 atom stereocenters. The topological polar surface area (TPSA) is 116 Å². The van der Waals surface area contributed by atoms with Gasteiger partial charge < -0.3 is 0 Å². The minimum atomic E-state index is -0.457. The number of nitrogens with zero attached hydrogens (tertiary/aromatic N) is 9. The van der Waals surface area contributed by atoms with Crippen molar-refractivity contribution < 1.29 is 0 Å². The molecule has 0 amide bonds. The highest BCUT2D eigenvalue weighted by Gasteiger charge is 2.53. The Kier molecular flexibility index (Phi) is 20.0. The number of hydrogen-bond acceptors (Lipinski definition) is 9. The molecule has 22 aromatic rings. The van der Waals surface area contributed by atoms with Crippen molar-refractivity contribution in [2.75, 3.05) is 0 Å². The van der Waals surface area contributed by atoms with Crippen LogP contribution in [0.4, 0.5) is 0 Å². The summed E-state index contributed by atoms with van der Waals surface area (Å²) in [6, 6.07) is 163. The lowest BCUT2D eigenvalue weighted by molar-refractivity contribution is 0.660. The molecule has 0 saturated heterocycles. The lowest BCUT2D eigenvalue weighted by Gasteiger charge is -2.33. The first-order valence-electron chi connectivity index (χ1n) is 50.6. The maximum atomic E-state index is 5.24. The molecule has 0 saturated carbocycles. The smallest absolute Gasteiger partial charge is 0.164 e. The SMILES string of the molecule is CC1(C)c2ccccc2-c2cc(-c3nc(-c4ccccc4)nc(-c4ccc5c(c4)C(C)(C)c4ccccc4-5)n3)ccc21.CC1(C)c2ccccc2-c2ccc(-c3nc(-c4ccccc4)nc(-c4ccc5c(c4)-c4ccccc4C5(c4ccccc4)c4ccccc4)n3)cc21.CC1(C)c2ccccc2-c2ccc(-c3nc(-c4ccccc4)nc(-c4ccc5c(c4)-c4ccccc4C54c5ccccc5-c5ccccc54)n3)cc21. The van der Waals surface area contributed by atoms with Crippen LogP contribution in [0.2, 0.25) is 0 Å². The second-order valence-corrected chi connectivity index (χ2v) is 41.7. The molecular formula is C137H99N9. The lowest BCUT2D eigenvalue weighted by atomic mass is 9.67. The van der Waals surface area contributed by atoms with E-state index in [2.05, 4.69) is 456 Å². The molecule has 7 aliphatic carbocycles. The average molecular weight is 1870 g/mol. The van der Waals surface area contributed by atoms with Crippen LogP contribution in [0, 0.1) is 0 Å². The fraction of sp³-hybridized carbons (Fsp3) is 0.102. The van der Waals surface area contributed by atoms with Crippen molar-refractivity contribution in [3.05, 3.63) is 544 Å². The Balaban J connectivity index is 0.000000109. The van der Waals surface area contributed by atoms with E-state index in [4.69, 9.17) is 44.9 Å². The van der Waals surface area contributed by atoms with Gasteiger partial charge in [0.05, 0.1) is 10.8 Å². The Morgan fingerprint density at radius 1 is 0.116 bits per heavy atom. The van der Waals surface area contributed by atoms with Gasteiger partial charge in [-0.2, -0.15) is 0 Å². The van der Waals surface area contributed by atoms with Crippen molar-refractivity contribution in [3.63, 3.8) is 0 Å². The number of rotatable bonds is 11. The first-order chi connectivity index (χ1) is 71.4. The van der Waals surface area contributed by atoms with Gasteiger partial charge in [-0.15, -0.1) is 0 Å². The van der Waals surface area contributed by atoms with Crippen molar-refractivity contribution in [1.29, 1.82) is 0 Å². The highest BCUT2D eigenvalue weighted by atomic mass is 15.1. The zero-order valence-electron chi connectivity index (χ0n) is 82.3. The molecule has 0 N–H and O–H groups in total. The van der Waals surface area contributed by atoms with Crippen molar-refractivity contribution in [2.24, 2.45) is 0 Å². The molecule has 3 aromatic heterocycles. The predicted molar refractivity (Wildman–Crippen MR) is 592 cm³/mol. The van der Waals surface area contributed by atoms with Crippen molar-refractivity contribution in [3.8, 4) is 180 Å². The number of benzene rings is 19. The number of fused-ring (bicyclic) bond motifs is 25. The fourth-order valence-electron chi connectivity index (χ4n) is 25.3. The van der Waals surface area contributed by atoms with Crippen LogP contribution in [0.3, 0.4) is 0 Å². The summed E-state index contributed by atoms with van der Waals surface area (Å²) in [6.45, 7) is 18.5. The van der Waals surface area contributed by atoms with Crippen molar-refractivity contribution in [2.45, 2.75) is 87.9 Å². The van der Waals surface area contributed by atoms with E-state index in [0.717, 1.165) is 50.1 Å². The third-order valence-electron chi connectivity index (χ3n) is 32.3. The molecule has 0 unspecified atom stereocenters. The van der Waals surface area contributed by atoms with Gasteiger partial charge >= 0.3 is 0 Å². The van der Waals surface area contributed by atoms with E-state index in [-0.39, 0.29) is 27.1 Å². The third-order valence-corrected chi connectivity index (χ3v) is 32.3. The largest absolute Gasteiger partial charge is 0.208 e. The molecule has 692 valence electrons. The Morgan fingerprint density at radius 2 is 0.281 bits per heavy atom. The van der Waals surface area contributed by atoms with Gasteiger partial charge in [-0.25, -0.2) is 44.9 Å². The second kappa shape index (κ2) is 33.4. The van der Waals surface area contributed by atoms with Crippen molar-refractivity contribution >= 4 is 0 Å². The molecule has 29 rings (SSSR count). The maximum absolute atomic E-state index is 5.24. The summed E-state index contributed by atoms with van der Waals surface area (Å²) >= 11 is 0. The molecule has 9 nitrogen and oxygen atoms in total. The molecule has 1 spiro atoms. The molecule has 3 heterocycles. The van der Waals surface area contributed by atoms with Gasteiger partial charge in [0.2, 0.25) is 0 Å². The van der Waals surface area contributed by atoms with Crippen LogP contribution < -0.4 is 0 Å². The summed E-state index contributed by atoms with van der Waals surface area (Å²) in [7, 11) is 0. The Bertz CT molecular complexity index is 8740. The van der Waals surface area contributed by atoms with Crippen LogP contribution in [-0.4, -0.2) is 44.9 Å². The van der Waals surface area contributed by atoms with Gasteiger partial charge in [-0.3, -0.25) is 0 Å². The lowest BCUT2D eigenvalue weighted by Crippen LogP contribution is -2.28. The van der Waals surface area contributed by atoms with Gasteiger partial charge in [-0.05, 0) is 203 Å². The summed E-state index contributed by atoms with van der Waals surface area (Å²) in [5.74, 6) is 6.05. The van der Waals surface area contributed by atoms with E-state index in [1.54, 1.807) is 0 Å². The Labute approximate surface area is 851 Å². The first-order valence-corrected chi connectivity index (χ1v) is 50.6. The molecule has 0 aliphatic heterocycles. The van der Waals surface area contributed by atoms with Crippen LogP contribution in [-0.2, 0) is 32.5 Å². The summed E-state index contributed by atoms with van der Waals surface area (Å²) in [5, 5.41) is 0. The average Bonchev–Trinajstić information content (AvgIpc) is 1.48. The summed E-state index contributed by atoms with van der Waals surface area (Å²) in [6.07, 6.45) is 0. The van der Waals surface area contributed by atoms with Crippen LogP contribution in [0.25, 0.3) is 180 Å². The van der Waals surface area contributed by atoms with Gasteiger partial charge in [-0.1, -0.05) is 474 Å². The van der Waals surface area contributed by atoms with Gasteiger partial charge in [0.1, 0.15) is 0 Å². The van der Waals surface area contributed by atoms with Crippen LogP contribution in [0.1, 0.15) is 144 Å². The normalized spacial score (nSPS) is 14.6. The number of hydrogen-bond donors (Lipinski definition) is 0. The molecule has 146 heavy (non-hydrogen) atoms. The molecule has 0 bridgehead atoms. The van der Waals surface area contributed by atoms with E-state index < -0.39 is 5.41 Å². The summed E-state index contributed by atoms with van der Waals surface area (Å²) in [4.78, 5) is 46.2. The monoisotopic (exact) mass is 1870 g/mol. The Hall–Kier alpha value is -17.8. The minimum absolute atomic E-state index is 0.0429. The van der Waals surface area contributed by atoms with Crippen LogP contribution >= 0.6 is 0 Å². The highest BCUT2D eigenvalue weighted by Crippen LogP contribution is 2.65. The number of aromatic nitrogens is 9.